The lowest BCUT2D eigenvalue weighted by Crippen LogP contribution is -2.16. The molecule has 0 saturated carbocycles. The zero-order chi connectivity index (χ0) is 9.94. The second-order valence-corrected chi connectivity index (χ2v) is 3.55. The van der Waals surface area contributed by atoms with E-state index in [0.29, 0.717) is 6.10 Å². The lowest BCUT2D eigenvalue weighted by molar-refractivity contribution is 0.0611. The molecule has 0 heterocycles. The quantitative estimate of drug-likeness (QED) is 0.560. The third kappa shape index (κ3) is 9.84. The Morgan fingerprint density at radius 2 is 1.92 bits per heavy atom. The second-order valence-electron chi connectivity index (χ2n) is 3.55. The van der Waals surface area contributed by atoms with Crippen molar-refractivity contribution < 1.29 is 4.74 Å². The largest absolute Gasteiger partial charge is 0.379 e. The Labute approximate surface area is 83.1 Å². The summed E-state index contributed by atoms with van der Waals surface area (Å²) in [6.07, 6.45) is 5.19. The predicted molar refractivity (Wildman–Crippen MR) is 58.1 cm³/mol. The molecule has 0 aromatic carbocycles. The smallest absolute Gasteiger partial charge is 0.0544 e. The van der Waals surface area contributed by atoms with Gasteiger partial charge in [-0.15, -0.1) is 0 Å². The Kier molecular flexibility index (Phi) is 9.94. The molecular formula is C11H25NO. The van der Waals surface area contributed by atoms with E-state index in [9.17, 15) is 0 Å². The lowest BCUT2D eigenvalue weighted by atomic mass is 10.3. The Hall–Kier alpha value is -0.0800. The second kappa shape index (κ2) is 10.0. The number of ether oxygens (including phenoxy) is 1. The molecule has 2 heteroatoms. The number of hydrogen-bond donors (Lipinski definition) is 1. The Balaban J connectivity index is 2.91. The van der Waals surface area contributed by atoms with Gasteiger partial charge < -0.3 is 10.1 Å². The van der Waals surface area contributed by atoms with E-state index < -0.39 is 0 Å². The Bertz CT molecular complexity index is 96.1. The molecule has 80 valence electrons. The van der Waals surface area contributed by atoms with Crippen LogP contribution >= 0.6 is 0 Å². The molecule has 1 unspecified atom stereocenters. The van der Waals surface area contributed by atoms with Gasteiger partial charge in [-0.1, -0.05) is 13.8 Å². The van der Waals surface area contributed by atoms with Crippen LogP contribution < -0.4 is 5.32 Å². The first kappa shape index (κ1) is 12.9. The molecule has 0 saturated heterocycles. The summed E-state index contributed by atoms with van der Waals surface area (Å²) >= 11 is 0. The van der Waals surface area contributed by atoms with Crippen molar-refractivity contribution in [3.63, 3.8) is 0 Å². The van der Waals surface area contributed by atoms with Crippen LogP contribution in [0.4, 0.5) is 0 Å². The van der Waals surface area contributed by atoms with E-state index >= 15 is 0 Å². The van der Waals surface area contributed by atoms with Crippen LogP contribution in [0, 0.1) is 0 Å². The highest BCUT2D eigenvalue weighted by molar-refractivity contribution is 4.48. The maximum Gasteiger partial charge on any atom is 0.0544 e. The monoisotopic (exact) mass is 187 g/mol. The van der Waals surface area contributed by atoms with Gasteiger partial charge in [0.15, 0.2) is 0 Å². The molecule has 0 spiro atoms. The minimum atomic E-state index is 0.434. The molecule has 0 bridgehead atoms. The molecule has 1 atom stereocenters. The van der Waals surface area contributed by atoms with Crippen LogP contribution in [0.1, 0.15) is 46.5 Å². The van der Waals surface area contributed by atoms with E-state index in [4.69, 9.17) is 4.74 Å². The van der Waals surface area contributed by atoms with E-state index in [1.807, 2.05) is 0 Å². The number of rotatable bonds is 9. The molecule has 0 radical (unpaired) electrons. The van der Waals surface area contributed by atoms with E-state index in [-0.39, 0.29) is 0 Å². The lowest BCUT2D eigenvalue weighted by Gasteiger charge is -2.10. The predicted octanol–water partition coefficient (Wildman–Crippen LogP) is 2.58. The van der Waals surface area contributed by atoms with Gasteiger partial charge in [-0.05, 0) is 45.7 Å². The van der Waals surface area contributed by atoms with Gasteiger partial charge in [0, 0.05) is 6.61 Å². The van der Waals surface area contributed by atoms with Crippen LogP contribution in [0.3, 0.4) is 0 Å². The van der Waals surface area contributed by atoms with E-state index in [1.165, 1.54) is 19.3 Å². The zero-order valence-corrected chi connectivity index (χ0v) is 9.44. The summed E-state index contributed by atoms with van der Waals surface area (Å²) in [6, 6.07) is 0. The van der Waals surface area contributed by atoms with Crippen LogP contribution in [0.2, 0.25) is 0 Å². The first-order valence-electron chi connectivity index (χ1n) is 5.63. The molecule has 0 aliphatic carbocycles. The van der Waals surface area contributed by atoms with Gasteiger partial charge in [-0.25, -0.2) is 0 Å². The molecule has 0 fully saturated rings. The fourth-order valence-electron chi connectivity index (χ4n) is 1.06. The number of nitrogens with one attached hydrogen (secondary N) is 1. The summed E-state index contributed by atoms with van der Waals surface area (Å²) < 4.78 is 5.57. The SMILES string of the molecule is CCCNCCCCOC(C)CC. The highest BCUT2D eigenvalue weighted by atomic mass is 16.5. The fraction of sp³-hybridized carbons (Fsp3) is 1.00. The molecule has 0 aliphatic heterocycles. The fourth-order valence-corrected chi connectivity index (χ4v) is 1.06. The van der Waals surface area contributed by atoms with Crippen molar-refractivity contribution in [3.8, 4) is 0 Å². The molecule has 0 amide bonds. The van der Waals surface area contributed by atoms with Crippen molar-refractivity contribution >= 4 is 0 Å². The first-order chi connectivity index (χ1) is 6.31. The van der Waals surface area contributed by atoms with E-state index in [1.54, 1.807) is 0 Å². The molecular weight excluding hydrogens is 162 g/mol. The number of hydrogen-bond acceptors (Lipinski definition) is 2. The number of unbranched alkanes of at least 4 members (excludes halogenated alkanes) is 1. The summed E-state index contributed by atoms with van der Waals surface area (Å²) in [5.74, 6) is 0. The van der Waals surface area contributed by atoms with Crippen molar-refractivity contribution in [2.75, 3.05) is 19.7 Å². The average molecular weight is 187 g/mol. The van der Waals surface area contributed by atoms with Crippen LogP contribution in [0.25, 0.3) is 0 Å². The molecule has 0 aliphatic rings. The van der Waals surface area contributed by atoms with Gasteiger partial charge in [-0.3, -0.25) is 0 Å². The summed E-state index contributed by atoms with van der Waals surface area (Å²) in [5.41, 5.74) is 0. The van der Waals surface area contributed by atoms with Gasteiger partial charge in [0.2, 0.25) is 0 Å². The maximum absolute atomic E-state index is 5.57. The normalized spacial score (nSPS) is 13.2. The van der Waals surface area contributed by atoms with Crippen molar-refractivity contribution in [3.05, 3.63) is 0 Å². The van der Waals surface area contributed by atoms with Gasteiger partial charge in [0.05, 0.1) is 6.10 Å². The third-order valence-corrected chi connectivity index (χ3v) is 2.15. The molecule has 0 rings (SSSR count). The van der Waals surface area contributed by atoms with Gasteiger partial charge >= 0.3 is 0 Å². The van der Waals surface area contributed by atoms with E-state index in [0.717, 1.165) is 26.1 Å². The van der Waals surface area contributed by atoms with Crippen LogP contribution in [-0.2, 0) is 4.74 Å². The standard InChI is InChI=1S/C11H25NO/c1-4-8-12-9-6-7-10-13-11(3)5-2/h11-12H,4-10H2,1-3H3. The Morgan fingerprint density at radius 1 is 1.15 bits per heavy atom. The average Bonchev–Trinajstić information content (AvgIpc) is 2.16. The first-order valence-corrected chi connectivity index (χ1v) is 5.63. The highest BCUT2D eigenvalue weighted by Crippen LogP contribution is 1.98. The molecule has 13 heavy (non-hydrogen) atoms. The summed E-state index contributed by atoms with van der Waals surface area (Å²) in [6.45, 7) is 9.69. The van der Waals surface area contributed by atoms with Crippen LogP contribution in [0.5, 0.6) is 0 Å². The maximum atomic E-state index is 5.57. The van der Waals surface area contributed by atoms with Crippen LogP contribution in [-0.4, -0.2) is 25.8 Å². The topological polar surface area (TPSA) is 21.3 Å². The van der Waals surface area contributed by atoms with Gasteiger partial charge in [-0.2, -0.15) is 0 Å². The summed E-state index contributed by atoms with van der Waals surface area (Å²) in [7, 11) is 0. The van der Waals surface area contributed by atoms with Crippen molar-refractivity contribution in [1.82, 2.24) is 5.32 Å². The van der Waals surface area contributed by atoms with Crippen molar-refractivity contribution in [1.29, 1.82) is 0 Å². The third-order valence-electron chi connectivity index (χ3n) is 2.15. The van der Waals surface area contributed by atoms with Gasteiger partial charge in [0.1, 0.15) is 0 Å². The summed E-state index contributed by atoms with van der Waals surface area (Å²) in [4.78, 5) is 0. The van der Waals surface area contributed by atoms with E-state index in [2.05, 4.69) is 26.1 Å². The molecule has 2 nitrogen and oxygen atoms in total. The van der Waals surface area contributed by atoms with Crippen molar-refractivity contribution in [2.24, 2.45) is 0 Å². The highest BCUT2D eigenvalue weighted by Gasteiger charge is 1.96. The Morgan fingerprint density at radius 3 is 2.54 bits per heavy atom. The molecule has 0 aromatic rings. The molecule has 1 N–H and O–H groups in total. The van der Waals surface area contributed by atoms with Crippen LogP contribution in [0.15, 0.2) is 0 Å². The van der Waals surface area contributed by atoms with Crippen molar-refractivity contribution in [2.45, 2.75) is 52.6 Å². The van der Waals surface area contributed by atoms with Gasteiger partial charge in [0.25, 0.3) is 0 Å². The minimum Gasteiger partial charge on any atom is -0.379 e. The molecule has 0 aromatic heterocycles. The minimum absolute atomic E-state index is 0.434. The summed E-state index contributed by atoms with van der Waals surface area (Å²) in [5, 5.41) is 3.38. The zero-order valence-electron chi connectivity index (χ0n) is 9.44.